The van der Waals surface area contributed by atoms with Gasteiger partial charge in [-0.25, -0.2) is 18.7 Å². The average Bonchev–Trinajstić information content (AvgIpc) is 2.96. The number of nitrogens with one attached hydrogen (secondary N) is 1. The monoisotopic (exact) mass is 616 g/mol. The van der Waals surface area contributed by atoms with Crippen molar-refractivity contribution in [3.05, 3.63) is 33.6 Å². The van der Waals surface area contributed by atoms with Crippen LogP contribution in [0.25, 0.3) is 11.0 Å². The molecule has 1 aliphatic heterocycles. The molecule has 1 fully saturated rings. The molecule has 3 rings (SSSR count). The van der Waals surface area contributed by atoms with Gasteiger partial charge < -0.3 is 39.5 Å². The third kappa shape index (κ3) is 7.50. The molecule has 6 atom stereocenters. The third-order valence-electron chi connectivity index (χ3n) is 4.80. The van der Waals surface area contributed by atoms with E-state index >= 15 is 0 Å². The van der Waals surface area contributed by atoms with E-state index in [4.69, 9.17) is 31.6 Å². The minimum Gasteiger partial charge on any atom is -0.387 e. The smallest absolute Gasteiger partial charge is 0.387 e. The first-order chi connectivity index (χ1) is 16.7. The molecule has 1 aliphatic rings. The summed E-state index contributed by atoms with van der Waals surface area (Å²) < 4.78 is 90.1. The first kappa shape index (κ1) is 30.4. The second-order valence-electron chi connectivity index (χ2n) is 7.61. The van der Waals surface area contributed by atoms with Crippen LogP contribution in [0.15, 0.2) is 12.1 Å². The van der Waals surface area contributed by atoms with Gasteiger partial charge >= 0.3 is 29.6 Å². The van der Waals surface area contributed by atoms with Crippen LogP contribution in [0.2, 0.25) is 0 Å². The lowest BCUT2D eigenvalue weighted by Gasteiger charge is -2.19. The third-order valence-corrected chi connectivity index (χ3v) is 8.94. The van der Waals surface area contributed by atoms with Crippen molar-refractivity contribution < 1.29 is 74.5 Å². The van der Waals surface area contributed by atoms with E-state index < -0.39 is 66.4 Å². The lowest BCUT2D eigenvalue weighted by atomic mass is 10.0. The van der Waals surface area contributed by atoms with Crippen molar-refractivity contribution in [2.75, 3.05) is 6.61 Å². The zero-order chi connectivity index (χ0) is 28.1. The van der Waals surface area contributed by atoms with E-state index in [-0.39, 0.29) is 26.8 Å². The molecule has 0 aliphatic carbocycles. The van der Waals surface area contributed by atoms with Crippen LogP contribution < -0.4 is 0 Å². The molecule has 1 saturated heterocycles. The van der Waals surface area contributed by atoms with Crippen molar-refractivity contribution in [1.29, 1.82) is 0 Å². The van der Waals surface area contributed by atoms with Gasteiger partial charge in [0.15, 0.2) is 0 Å². The number of ether oxygens (including phenoxy) is 1. The Bertz CT molecular complexity index is 1400. The van der Waals surface area contributed by atoms with E-state index in [9.17, 15) is 42.0 Å². The molecule has 208 valence electrons. The van der Waals surface area contributed by atoms with Crippen molar-refractivity contribution in [3.63, 3.8) is 0 Å². The van der Waals surface area contributed by atoms with Gasteiger partial charge in [-0.05, 0) is 24.6 Å². The fourth-order valence-corrected chi connectivity index (χ4v) is 6.67. The molecule has 37 heavy (non-hydrogen) atoms. The molecular formula is C15H18F3N2O13P3S. The summed E-state index contributed by atoms with van der Waals surface area (Å²) in [7, 11) is -16.9. The SMILES string of the molecule is Cc1cc2cc([C@@H]3O[C@H](COP(=O)(O)OP(=O)(O)OP(=O)(O)O)[C@H](O)C3O)c(=S)[nH]c2nc1C(F)(F)F. The van der Waals surface area contributed by atoms with Crippen LogP contribution in [-0.2, 0) is 37.8 Å². The first-order valence-corrected chi connectivity index (χ1v) is 14.5. The Morgan fingerprint density at radius 1 is 1.08 bits per heavy atom. The van der Waals surface area contributed by atoms with Crippen LogP contribution in [0.5, 0.6) is 0 Å². The number of aromatic amines is 1. The molecule has 0 amide bonds. The summed E-state index contributed by atoms with van der Waals surface area (Å²) in [6.07, 6.45) is -11.3. The molecule has 0 radical (unpaired) electrons. The molecule has 0 spiro atoms. The zero-order valence-corrected chi connectivity index (χ0v) is 21.5. The van der Waals surface area contributed by atoms with E-state index in [0.717, 1.165) is 6.07 Å². The standard InChI is InChI=1S/C15H18F3N2O13P3S/c1-5-2-6-3-7(14(37)20-13(6)19-12(5)15(16,17)18)11-10(22)9(21)8(31-11)4-30-35(26,27)33-36(28,29)32-34(23,24)25/h2-3,8-11,21-22H,4H2,1H3,(H,26,27)(H,28,29)(H,19,20,37)(H2,23,24,25)/t8-,9+,10?,11+/m1/s1. The fraction of sp³-hybridized carbons (Fsp3) is 0.467. The number of aliphatic hydroxyl groups excluding tert-OH is 2. The number of aryl methyl sites for hydroxylation is 1. The Hall–Kier alpha value is -1.14. The van der Waals surface area contributed by atoms with E-state index in [1.807, 2.05) is 0 Å². The van der Waals surface area contributed by atoms with Gasteiger partial charge in [-0.2, -0.15) is 21.8 Å². The molecule has 0 aromatic carbocycles. The largest absolute Gasteiger partial charge is 0.490 e. The number of phosphoric ester groups is 1. The van der Waals surface area contributed by atoms with Crippen LogP contribution in [0, 0.1) is 11.6 Å². The van der Waals surface area contributed by atoms with Gasteiger partial charge in [0.25, 0.3) is 0 Å². The highest BCUT2D eigenvalue weighted by molar-refractivity contribution is 7.71. The number of aromatic nitrogens is 2. The highest BCUT2D eigenvalue weighted by Gasteiger charge is 2.46. The van der Waals surface area contributed by atoms with Crippen molar-refractivity contribution in [3.8, 4) is 0 Å². The Morgan fingerprint density at radius 2 is 1.70 bits per heavy atom. The van der Waals surface area contributed by atoms with E-state index in [1.165, 1.54) is 13.0 Å². The van der Waals surface area contributed by atoms with Gasteiger partial charge in [0.2, 0.25) is 0 Å². The summed E-state index contributed by atoms with van der Waals surface area (Å²) in [6, 6.07) is 2.42. The fourth-order valence-electron chi connectivity index (χ4n) is 3.37. The first-order valence-electron chi connectivity index (χ1n) is 9.61. The maximum absolute atomic E-state index is 13.1. The second kappa shape index (κ2) is 10.4. The maximum atomic E-state index is 13.1. The number of aliphatic hydroxyl groups is 2. The quantitative estimate of drug-likeness (QED) is 0.166. The average molecular weight is 616 g/mol. The van der Waals surface area contributed by atoms with Crippen LogP contribution in [-0.4, -0.2) is 64.7 Å². The van der Waals surface area contributed by atoms with Crippen molar-refractivity contribution in [2.24, 2.45) is 0 Å². The Kier molecular flexibility index (Phi) is 8.58. The number of fused-ring (bicyclic) bond motifs is 1. The van der Waals surface area contributed by atoms with E-state index in [2.05, 4.69) is 23.1 Å². The Labute approximate surface area is 209 Å². The summed E-state index contributed by atoms with van der Waals surface area (Å²) in [5.41, 5.74) is -1.56. The number of H-pyrrole nitrogens is 1. The van der Waals surface area contributed by atoms with Crippen molar-refractivity contribution in [1.82, 2.24) is 9.97 Å². The molecule has 2 aromatic heterocycles. The highest BCUT2D eigenvalue weighted by atomic mass is 32.1. The summed E-state index contributed by atoms with van der Waals surface area (Å²) >= 11 is 5.12. The van der Waals surface area contributed by atoms with Gasteiger partial charge in [0.05, 0.1) is 6.61 Å². The van der Waals surface area contributed by atoms with Crippen LogP contribution in [0.3, 0.4) is 0 Å². The number of halogens is 3. The molecular weight excluding hydrogens is 598 g/mol. The number of pyridine rings is 2. The Balaban J connectivity index is 1.79. The molecule has 15 nitrogen and oxygen atoms in total. The van der Waals surface area contributed by atoms with Gasteiger partial charge in [-0.1, -0.05) is 12.2 Å². The summed E-state index contributed by atoms with van der Waals surface area (Å²) in [4.78, 5) is 41.8. The van der Waals surface area contributed by atoms with Gasteiger partial charge in [-0.3, -0.25) is 4.52 Å². The van der Waals surface area contributed by atoms with Gasteiger partial charge in [-0.15, -0.1) is 0 Å². The molecule has 0 saturated carbocycles. The minimum absolute atomic E-state index is 0.0100. The summed E-state index contributed by atoms with van der Waals surface area (Å²) in [5, 5.41) is 20.8. The number of hydrogen-bond donors (Lipinski definition) is 7. The highest BCUT2D eigenvalue weighted by Crippen LogP contribution is 2.66. The predicted molar refractivity (Wildman–Crippen MR) is 116 cm³/mol. The molecule has 3 heterocycles. The van der Waals surface area contributed by atoms with E-state index in [0.29, 0.717) is 0 Å². The number of rotatable bonds is 8. The van der Waals surface area contributed by atoms with Gasteiger partial charge in [0, 0.05) is 10.9 Å². The molecule has 3 unspecified atom stereocenters. The lowest BCUT2D eigenvalue weighted by molar-refractivity contribution is -0.141. The minimum atomic E-state index is -5.78. The number of phosphoric acid groups is 3. The lowest BCUT2D eigenvalue weighted by Crippen LogP contribution is -2.33. The van der Waals surface area contributed by atoms with Crippen LogP contribution in [0.4, 0.5) is 13.2 Å². The van der Waals surface area contributed by atoms with Crippen LogP contribution in [0.1, 0.15) is 22.9 Å². The molecule has 7 N–H and O–H groups in total. The second-order valence-corrected chi connectivity index (χ2v) is 12.4. The predicted octanol–water partition coefficient (Wildman–Crippen LogP) is 2.12. The number of nitrogens with zero attached hydrogens (tertiary/aromatic N) is 1. The van der Waals surface area contributed by atoms with Gasteiger partial charge in [0.1, 0.15) is 40.4 Å². The van der Waals surface area contributed by atoms with Crippen molar-refractivity contribution >= 4 is 46.7 Å². The Morgan fingerprint density at radius 3 is 2.27 bits per heavy atom. The number of alkyl halides is 3. The number of hydrogen-bond acceptors (Lipinski definition) is 11. The molecule has 22 heteroatoms. The molecule has 2 aromatic rings. The molecule has 0 bridgehead atoms. The summed E-state index contributed by atoms with van der Waals surface area (Å²) in [6.45, 7) is 0.123. The maximum Gasteiger partial charge on any atom is 0.490 e. The topological polar surface area (TPSA) is 238 Å². The normalized spacial score (nSPS) is 26.2. The van der Waals surface area contributed by atoms with Crippen molar-refractivity contribution in [2.45, 2.75) is 37.5 Å². The van der Waals surface area contributed by atoms with E-state index in [1.54, 1.807) is 0 Å². The zero-order valence-electron chi connectivity index (χ0n) is 18.0. The van der Waals surface area contributed by atoms with Crippen LogP contribution >= 0.6 is 35.7 Å². The summed E-state index contributed by atoms with van der Waals surface area (Å²) in [5.74, 6) is 0.